The van der Waals surface area contributed by atoms with Crippen molar-refractivity contribution in [3.05, 3.63) is 78.6 Å². The number of aliphatic hydroxyl groups is 1. The van der Waals surface area contributed by atoms with Crippen LogP contribution < -0.4 is 15.3 Å². The number of carbonyl (C=O) groups excluding carboxylic acids is 1. The Labute approximate surface area is 225 Å². The minimum atomic E-state index is -4.07. The molecule has 0 bridgehead atoms. The number of carbonyl (C=O) groups is 1. The van der Waals surface area contributed by atoms with E-state index in [1.165, 1.54) is 25.0 Å². The molecule has 38 heavy (non-hydrogen) atoms. The fourth-order valence-corrected chi connectivity index (χ4v) is 6.78. The molecule has 1 unspecified atom stereocenters. The number of para-hydroxylation sites is 1. The van der Waals surface area contributed by atoms with Gasteiger partial charge in [0, 0.05) is 6.42 Å². The zero-order valence-corrected chi connectivity index (χ0v) is 22.5. The predicted molar refractivity (Wildman–Crippen MR) is 146 cm³/mol. The highest BCUT2D eigenvalue weighted by molar-refractivity contribution is 8.00. The van der Waals surface area contributed by atoms with Gasteiger partial charge < -0.3 is 25.0 Å². The molecule has 0 spiro atoms. The fraction of sp³-hybridized carbons (Fsp3) is 0.320. The number of hydrogen-bond donors (Lipinski definition) is 3. The number of rotatable bonds is 11. The summed E-state index contributed by atoms with van der Waals surface area (Å²) in [5, 5.41) is 12.7. The average Bonchev–Trinajstić information content (AvgIpc) is 3.27. The molecule has 4 rings (SSSR count). The smallest absolute Gasteiger partial charge is 0.459 e. The van der Waals surface area contributed by atoms with Gasteiger partial charge in [-0.1, -0.05) is 55.1 Å². The van der Waals surface area contributed by atoms with Gasteiger partial charge in [0.05, 0.1) is 23.3 Å². The van der Waals surface area contributed by atoms with Crippen molar-refractivity contribution in [3.63, 3.8) is 0 Å². The number of thioether (sulfide) groups is 1. The highest BCUT2D eigenvalue weighted by Gasteiger charge is 2.40. The van der Waals surface area contributed by atoms with E-state index in [2.05, 4.69) is 21.7 Å². The molecule has 0 amide bonds. The van der Waals surface area contributed by atoms with Gasteiger partial charge in [0.15, 0.2) is 0 Å². The van der Waals surface area contributed by atoms with Gasteiger partial charge in [0.25, 0.3) is 0 Å². The molecule has 4 N–H and O–H groups in total. The minimum absolute atomic E-state index is 0.0729. The van der Waals surface area contributed by atoms with Crippen molar-refractivity contribution in [1.29, 1.82) is 0 Å². The van der Waals surface area contributed by atoms with Crippen molar-refractivity contribution in [1.82, 2.24) is 9.99 Å². The van der Waals surface area contributed by atoms with Crippen LogP contribution in [-0.2, 0) is 25.2 Å². The van der Waals surface area contributed by atoms with Crippen molar-refractivity contribution >= 4 is 37.8 Å². The van der Waals surface area contributed by atoms with E-state index in [-0.39, 0.29) is 24.5 Å². The van der Waals surface area contributed by atoms with E-state index >= 15 is 0 Å². The first-order valence-corrected chi connectivity index (χ1v) is 14.4. The van der Waals surface area contributed by atoms with Crippen LogP contribution in [0, 0.1) is 0 Å². The van der Waals surface area contributed by atoms with Crippen molar-refractivity contribution in [3.8, 4) is 5.75 Å². The van der Waals surface area contributed by atoms with Gasteiger partial charge in [-0.05, 0) is 24.6 Å². The molecule has 2 aromatic carbocycles. The molecular weight excluding hydrogens is 529 g/mol. The SMILES string of the molecule is C=C1N=C(N)N=CN1[C@H]1C[C@@H](O)[C@@H](COP(=O)(N[C@@H](C)C(=O)OCc2ccccc2)Oc2ccccc2)S1. The second kappa shape index (κ2) is 12.6. The van der Waals surface area contributed by atoms with Crippen LogP contribution in [0.5, 0.6) is 5.75 Å². The number of nitrogens with zero attached hydrogens (tertiary/aromatic N) is 3. The summed E-state index contributed by atoms with van der Waals surface area (Å²) in [6.45, 7) is 5.35. The highest BCUT2D eigenvalue weighted by Crippen LogP contribution is 2.47. The average molecular weight is 560 g/mol. The van der Waals surface area contributed by atoms with E-state index < -0.39 is 31.1 Å². The Morgan fingerprint density at radius 1 is 1.26 bits per heavy atom. The van der Waals surface area contributed by atoms with Crippen molar-refractivity contribution in [2.24, 2.45) is 15.7 Å². The van der Waals surface area contributed by atoms with Crippen LogP contribution in [0.1, 0.15) is 18.9 Å². The van der Waals surface area contributed by atoms with E-state index in [4.69, 9.17) is 19.5 Å². The summed E-state index contributed by atoms with van der Waals surface area (Å²) in [6, 6.07) is 16.7. The largest absolute Gasteiger partial charge is 0.460 e. The van der Waals surface area contributed by atoms with E-state index in [9.17, 15) is 14.5 Å². The number of benzene rings is 2. The van der Waals surface area contributed by atoms with E-state index in [0.717, 1.165) is 5.56 Å². The maximum Gasteiger partial charge on any atom is 0.459 e. The molecule has 11 nitrogen and oxygen atoms in total. The van der Waals surface area contributed by atoms with Crippen LogP contribution in [0.3, 0.4) is 0 Å². The lowest BCUT2D eigenvalue weighted by Gasteiger charge is -2.27. The van der Waals surface area contributed by atoms with Crippen LogP contribution in [0.25, 0.3) is 0 Å². The van der Waals surface area contributed by atoms with Crippen LogP contribution in [0.2, 0.25) is 0 Å². The molecule has 0 saturated carbocycles. The normalized spacial score (nSPS) is 23.4. The Kier molecular flexibility index (Phi) is 9.24. The number of ether oxygens (including phenoxy) is 1. The monoisotopic (exact) mass is 559 g/mol. The molecule has 0 radical (unpaired) electrons. The molecule has 0 aliphatic carbocycles. The molecule has 2 aliphatic heterocycles. The van der Waals surface area contributed by atoms with Crippen LogP contribution in [0.4, 0.5) is 0 Å². The number of aliphatic imine (C=N–C) groups is 2. The number of hydrogen-bond acceptors (Lipinski definition) is 11. The number of aliphatic hydroxyl groups excluding tert-OH is 1. The van der Waals surface area contributed by atoms with Gasteiger partial charge in [0.2, 0.25) is 5.96 Å². The van der Waals surface area contributed by atoms with E-state index in [0.29, 0.717) is 18.0 Å². The van der Waals surface area contributed by atoms with E-state index in [1.807, 2.05) is 30.3 Å². The van der Waals surface area contributed by atoms with Gasteiger partial charge >= 0.3 is 13.7 Å². The lowest BCUT2D eigenvalue weighted by Crippen LogP contribution is -2.36. The molecule has 2 aromatic rings. The Balaban J connectivity index is 1.39. The summed E-state index contributed by atoms with van der Waals surface area (Å²) in [5.74, 6) is 0.192. The summed E-state index contributed by atoms with van der Waals surface area (Å²) in [7, 11) is -4.07. The number of nitrogens with two attached hydrogens (primary N) is 1. The van der Waals surface area contributed by atoms with Crippen molar-refractivity contribution in [2.45, 2.75) is 42.7 Å². The van der Waals surface area contributed by atoms with E-state index in [1.54, 1.807) is 35.2 Å². The maximum absolute atomic E-state index is 13.8. The summed E-state index contributed by atoms with van der Waals surface area (Å²) in [6.07, 6.45) is 1.12. The highest BCUT2D eigenvalue weighted by atomic mass is 32.2. The topological polar surface area (TPSA) is 148 Å². The Hall–Kier alpha value is -3.15. The zero-order chi connectivity index (χ0) is 27.1. The van der Waals surface area contributed by atoms with Gasteiger partial charge in [-0.2, -0.15) is 10.1 Å². The zero-order valence-electron chi connectivity index (χ0n) is 20.8. The number of guanidine groups is 1. The quantitative estimate of drug-likeness (QED) is 0.277. The van der Waals surface area contributed by atoms with Gasteiger partial charge in [-0.15, -0.1) is 11.8 Å². The predicted octanol–water partition coefficient (Wildman–Crippen LogP) is 3.23. The maximum atomic E-state index is 13.8. The van der Waals surface area contributed by atoms with Crippen molar-refractivity contribution < 1.29 is 28.3 Å². The van der Waals surface area contributed by atoms with Crippen molar-refractivity contribution in [2.75, 3.05) is 6.61 Å². The molecule has 13 heteroatoms. The molecule has 0 aromatic heterocycles. The summed E-state index contributed by atoms with van der Waals surface area (Å²) in [5.41, 5.74) is 6.44. The third-order valence-electron chi connectivity index (χ3n) is 5.68. The molecular formula is C25H30N5O6PS. The number of nitrogens with one attached hydrogen (secondary N) is 1. The lowest BCUT2D eigenvalue weighted by atomic mass is 10.2. The molecule has 202 valence electrons. The third-order valence-corrected chi connectivity index (χ3v) is 8.85. The van der Waals surface area contributed by atoms with Gasteiger partial charge in [-0.25, -0.2) is 9.56 Å². The second-order valence-corrected chi connectivity index (χ2v) is 11.7. The lowest BCUT2D eigenvalue weighted by molar-refractivity contribution is -0.146. The molecule has 2 aliphatic rings. The van der Waals surface area contributed by atoms with Gasteiger partial charge in [-0.3, -0.25) is 9.32 Å². The molecule has 2 heterocycles. The Bertz CT molecular complexity index is 1230. The number of esters is 1. The summed E-state index contributed by atoms with van der Waals surface area (Å²) < 4.78 is 30.6. The Morgan fingerprint density at radius 3 is 2.63 bits per heavy atom. The van der Waals surface area contributed by atoms with Crippen LogP contribution in [0.15, 0.2) is 83.0 Å². The first kappa shape index (κ1) is 27.9. The third kappa shape index (κ3) is 7.46. The molecule has 1 fully saturated rings. The first-order chi connectivity index (χ1) is 18.2. The van der Waals surface area contributed by atoms with Crippen LogP contribution in [-0.4, -0.2) is 57.7 Å². The molecule has 1 saturated heterocycles. The standard InChI is InChI=1S/C25H30N5O6PS/c1-17(24(32)34-14-19-9-5-3-6-10-19)29-37(33,36-20-11-7-4-8-12-20)35-15-22-21(31)13-23(38-22)30-16-27-25(26)28-18(30)2/h3-12,16-17,21-23,31H,2,13-15H2,1H3,(H2,26,28)(H,29,33)/t17-,21+,22+,23+,37?/m0/s1. The fourth-order valence-electron chi connectivity index (χ4n) is 3.71. The second-order valence-electron chi connectivity index (χ2n) is 8.61. The summed E-state index contributed by atoms with van der Waals surface area (Å²) in [4.78, 5) is 22.4. The Morgan fingerprint density at radius 2 is 1.95 bits per heavy atom. The first-order valence-electron chi connectivity index (χ1n) is 11.9. The summed E-state index contributed by atoms with van der Waals surface area (Å²) >= 11 is 1.40. The van der Waals surface area contributed by atoms with Gasteiger partial charge in [0.1, 0.15) is 30.6 Å². The molecule has 5 atom stereocenters. The minimum Gasteiger partial charge on any atom is -0.460 e. The van der Waals surface area contributed by atoms with Crippen LogP contribution >= 0.6 is 19.5 Å².